The highest BCUT2D eigenvalue weighted by molar-refractivity contribution is 5.90. The number of rotatable bonds is 3. The lowest BCUT2D eigenvalue weighted by Gasteiger charge is -2.36. The molecular formula is C16H17F3N4O2. The van der Waals surface area contributed by atoms with Gasteiger partial charge < -0.3 is 14.7 Å². The van der Waals surface area contributed by atoms with Crippen LogP contribution >= 0.6 is 0 Å². The quantitative estimate of drug-likeness (QED) is 0.909. The molecule has 1 N–H and O–H groups in total. The fourth-order valence-corrected chi connectivity index (χ4v) is 2.42. The van der Waals surface area contributed by atoms with Crippen LogP contribution in [0.1, 0.15) is 43.0 Å². The molecule has 1 aromatic carbocycles. The number of carbonyl (C=O) groups is 1. The van der Waals surface area contributed by atoms with E-state index in [0.717, 1.165) is 12.1 Å². The van der Waals surface area contributed by atoms with Crippen LogP contribution in [0.15, 0.2) is 28.8 Å². The molecule has 0 spiro atoms. The summed E-state index contributed by atoms with van der Waals surface area (Å²) < 4.78 is 43.3. The summed E-state index contributed by atoms with van der Waals surface area (Å²) in [4.78, 5) is 17.9. The number of urea groups is 1. The van der Waals surface area contributed by atoms with Crippen molar-refractivity contribution in [2.75, 3.05) is 18.4 Å². The zero-order chi connectivity index (χ0) is 18.2. The van der Waals surface area contributed by atoms with Crippen LogP contribution in [0.25, 0.3) is 0 Å². The topological polar surface area (TPSA) is 71.3 Å². The fraction of sp³-hybridized carbons (Fsp3) is 0.438. The molecule has 1 fully saturated rings. The molecule has 0 aliphatic carbocycles. The number of aromatic nitrogens is 2. The van der Waals surface area contributed by atoms with Gasteiger partial charge in [-0.15, -0.1) is 0 Å². The normalized spacial score (nSPS) is 15.4. The average molecular weight is 354 g/mol. The van der Waals surface area contributed by atoms with Crippen LogP contribution in [0.3, 0.4) is 0 Å². The van der Waals surface area contributed by atoms with E-state index in [-0.39, 0.29) is 17.5 Å². The van der Waals surface area contributed by atoms with Crippen molar-refractivity contribution in [3.63, 3.8) is 0 Å². The van der Waals surface area contributed by atoms with Gasteiger partial charge in [0.2, 0.25) is 5.89 Å². The van der Waals surface area contributed by atoms with Gasteiger partial charge in [0.15, 0.2) is 5.82 Å². The lowest BCUT2D eigenvalue weighted by atomic mass is 10.0. The molecule has 3 rings (SSSR count). The molecule has 134 valence electrons. The van der Waals surface area contributed by atoms with Gasteiger partial charge in [0.1, 0.15) is 0 Å². The monoisotopic (exact) mass is 354 g/mol. The maximum Gasteiger partial charge on any atom is 0.416 e. The highest BCUT2D eigenvalue weighted by atomic mass is 19.4. The molecule has 1 saturated heterocycles. The Morgan fingerprint density at radius 3 is 2.68 bits per heavy atom. The smallest absolute Gasteiger partial charge is 0.339 e. The summed E-state index contributed by atoms with van der Waals surface area (Å²) in [6.45, 7) is 4.66. The lowest BCUT2D eigenvalue weighted by molar-refractivity contribution is -0.137. The number of likely N-dealkylation sites (tertiary alicyclic amines) is 1. The van der Waals surface area contributed by atoms with E-state index >= 15 is 0 Å². The summed E-state index contributed by atoms with van der Waals surface area (Å²) in [6, 6.07) is 4.07. The van der Waals surface area contributed by atoms with Crippen molar-refractivity contribution in [3.05, 3.63) is 41.5 Å². The molecule has 1 aliphatic heterocycles. The Morgan fingerprint density at radius 2 is 2.08 bits per heavy atom. The molecule has 25 heavy (non-hydrogen) atoms. The molecule has 0 atom stereocenters. The van der Waals surface area contributed by atoms with Crippen LogP contribution < -0.4 is 5.32 Å². The zero-order valence-corrected chi connectivity index (χ0v) is 13.7. The van der Waals surface area contributed by atoms with Crippen molar-refractivity contribution in [1.82, 2.24) is 15.0 Å². The standard InChI is InChI=1S/C16H17F3N4O2/c1-9(2)13-21-14(25-22-13)10-7-23(8-10)15(24)20-12-5-3-4-11(6-12)16(17,18)19/h3-6,9-10H,7-8H2,1-2H3,(H,20,24). The van der Waals surface area contributed by atoms with Gasteiger partial charge in [-0.3, -0.25) is 0 Å². The summed E-state index contributed by atoms with van der Waals surface area (Å²) in [6.07, 6.45) is -4.45. The van der Waals surface area contributed by atoms with Gasteiger partial charge in [0, 0.05) is 24.7 Å². The van der Waals surface area contributed by atoms with E-state index in [1.54, 1.807) is 0 Å². The summed E-state index contributed by atoms with van der Waals surface area (Å²) in [5.41, 5.74) is -0.706. The van der Waals surface area contributed by atoms with Gasteiger partial charge in [-0.2, -0.15) is 18.2 Å². The molecule has 1 aliphatic rings. The maximum atomic E-state index is 12.7. The first-order valence-corrected chi connectivity index (χ1v) is 7.80. The van der Waals surface area contributed by atoms with E-state index < -0.39 is 17.8 Å². The highest BCUT2D eigenvalue weighted by Crippen LogP contribution is 2.31. The van der Waals surface area contributed by atoms with Gasteiger partial charge >= 0.3 is 12.2 Å². The van der Waals surface area contributed by atoms with Gasteiger partial charge in [-0.05, 0) is 18.2 Å². The maximum absolute atomic E-state index is 12.7. The van der Waals surface area contributed by atoms with Gasteiger partial charge in [0.25, 0.3) is 0 Å². The first-order chi connectivity index (χ1) is 11.7. The number of nitrogens with zero attached hydrogens (tertiary/aromatic N) is 3. The molecule has 0 saturated carbocycles. The largest absolute Gasteiger partial charge is 0.416 e. The van der Waals surface area contributed by atoms with Crippen molar-refractivity contribution >= 4 is 11.7 Å². The third kappa shape index (κ3) is 3.75. The number of hydrogen-bond acceptors (Lipinski definition) is 4. The molecule has 2 heterocycles. The van der Waals surface area contributed by atoms with Crippen molar-refractivity contribution in [2.24, 2.45) is 0 Å². The Labute approximate surface area is 142 Å². The molecule has 0 bridgehead atoms. The van der Waals surface area contributed by atoms with E-state index in [1.165, 1.54) is 17.0 Å². The molecule has 1 aromatic heterocycles. The second-order valence-corrected chi connectivity index (χ2v) is 6.26. The first kappa shape index (κ1) is 17.2. The number of hydrogen-bond donors (Lipinski definition) is 1. The van der Waals surface area contributed by atoms with Crippen LogP contribution in [-0.4, -0.2) is 34.2 Å². The van der Waals surface area contributed by atoms with Gasteiger partial charge in [-0.25, -0.2) is 4.79 Å². The Hall–Kier alpha value is -2.58. The van der Waals surface area contributed by atoms with Crippen molar-refractivity contribution in [3.8, 4) is 0 Å². The minimum absolute atomic E-state index is 0.0488. The fourth-order valence-electron chi connectivity index (χ4n) is 2.42. The van der Waals surface area contributed by atoms with Crippen LogP contribution in [-0.2, 0) is 6.18 Å². The summed E-state index contributed by atoms with van der Waals surface area (Å²) in [7, 11) is 0. The third-order valence-corrected chi connectivity index (χ3v) is 3.93. The zero-order valence-electron chi connectivity index (χ0n) is 13.7. The number of amides is 2. The molecule has 9 heteroatoms. The number of benzene rings is 1. The van der Waals surface area contributed by atoms with E-state index in [9.17, 15) is 18.0 Å². The predicted molar refractivity (Wildman–Crippen MR) is 83.2 cm³/mol. The molecule has 6 nitrogen and oxygen atoms in total. The van der Waals surface area contributed by atoms with E-state index in [0.29, 0.717) is 24.8 Å². The second kappa shape index (κ2) is 6.38. The van der Waals surface area contributed by atoms with E-state index in [1.807, 2.05) is 13.8 Å². The number of nitrogens with one attached hydrogen (secondary N) is 1. The van der Waals surface area contributed by atoms with Gasteiger partial charge in [-0.1, -0.05) is 25.1 Å². The van der Waals surface area contributed by atoms with Crippen LogP contribution in [0.5, 0.6) is 0 Å². The van der Waals surface area contributed by atoms with Crippen molar-refractivity contribution in [2.45, 2.75) is 31.9 Å². The SMILES string of the molecule is CC(C)c1noc(C2CN(C(=O)Nc3cccc(C(F)(F)F)c3)C2)n1. The van der Waals surface area contributed by atoms with E-state index in [2.05, 4.69) is 15.5 Å². The highest BCUT2D eigenvalue weighted by Gasteiger charge is 2.36. The second-order valence-electron chi connectivity index (χ2n) is 6.26. The molecule has 2 amide bonds. The third-order valence-electron chi connectivity index (χ3n) is 3.93. The van der Waals surface area contributed by atoms with Crippen molar-refractivity contribution in [1.29, 1.82) is 0 Å². The molecule has 0 radical (unpaired) electrons. The number of alkyl halides is 3. The Kier molecular flexibility index (Phi) is 4.40. The predicted octanol–water partition coefficient (Wildman–Crippen LogP) is 3.84. The van der Waals surface area contributed by atoms with Gasteiger partial charge in [0.05, 0.1) is 11.5 Å². The summed E-state index contributed by atoms with van der Waals surface area (Å²) >= 11 is 0. The Bertz CT molecular complexity index is 767. The molecule has 0 unspecified atom stereocenters. The van der Waals surface area contributed by atoms with Crippen LogP contribution in [0.2, 0.25) is 0 Å². The molecular weight excluding hydrogens is 337 g/mol. The number of carbonyl (C=O) groups excluding carboxylic acids is 1. The Morgan fingerprint density at radius 1 is 1.36 bits per heavy atom. The Balaban J connectivity index is 1.57. The van der Waals surface area contributed by atoms with Crippen LogP contribution in [0, 0.1) is 0 Å². The minimum Gasteiger partial charge on any atom is -0.339 e. The molecule has 2 aromatic rings. The first-order valence-electron chi connectivity index (χ1n) is 7.80. The number of anilines is 1. The average Bonchev–Trinajstić information content (AvgIpc) is 2.95. The summed E-state index contributed by atoms with van der Waals surface area (Å²) in [5, 5.41) is 6.35. The van der Waals surface area contributed by atoms with E-state index in [4.69, 9.17) is 4.52 Å². The van der Waals surface area contributed by atoms with Crippen LogP contribution in [0.4, 0.5) is 23.7 Å². The lowest BCUT2D eigenvalue weighted by Crippen LogP contribution is -2.50. The minimum atomic E-state index is -4.45. The number of halogens is 3. The van der Waals surface area contributed by atoms with Crippen molar-refractivity contribution < 1.29 is 22.5 Å². The summed E-state index contributed by atoms with van der Waals surface area (Å²) in [5.74, 6) is 1.19.